The molecule has 0 spiro atoms. The van der Waals surface area contributed by atoms with Crippen LogP contribution in [0.2, 0.25) is 0 Å². The van der Waals surface area contributed by atoms with Crippen molar-refractivity contribution in [2.75, 3.05) is 0 Å². The molecule has 1 N–H and O–H groups in total. The molecule has 30 heavy (non-hydrogen) atoms. The predicted molar refractivity (Wildman–Crippen MR) is 130 cm³/mol. The highest BCUT2D eigenvalue weighted by Gasteiger charge is 2.20. The zero-order chi connectivity index (χ0) is 21.3. The topological polar surface area (TPSA) is 29.1 Å². The number of unbranched alkanes of at least 4 members (excludes halogenated alkanes) is 1. The molecule has 3 aromatic carbocycles. The van der Waals surface area contributed by atoms with E-state index in [1.165, 1.54) is 11.1 Å². The highest BCUT2D eigenvalue weighted by Crippen LogP contribution is 2.32. The summed E-state index contributed by atoms with van der Waals surface area (Å²) < 4.78 is 0.927. The molecule has 0 saturated heterocycles. The molecular formula is C27H28BrNO. The van der Waals surface area contributed by atoms with Gasteiger partial charge in [0.05, 0.1) is 5.70 Å². The second-order valence-corrected chi connectivity index (χ2v) is 8.32. The Bertz CT molecular complexity index is 1010. The van der Waals surface area contributed by atoms with Gasteiger partial charge >= 0.3 is 0 Å². The van der Waals surface area contributed by atoms with Crippen LogP contribution in [0.15, 0.2) is 83.3 Å². The van der Waals surface area contributed by atoms with Crippen LogP contribution in [0.4, 0.5) is 0 Å². The quantitative estimate of drug-likeness (QED) is 0.270. The van der Waals surface area contributed by atoms with E-state index in [1.54, 1.807) is 0 Å². The van der Waals surface area contributed by atoms with E-state index >= 15 is 0 Å². The minimum absolute atomic E-state index is 0.167. The molecule has 154 valence electrons. The van der Waals surface area contributed by atoms with Gasteiger partial charge in [-0.1, -0.05) is 108 Å². The SMILES string of the molecule is CCCCC(=O)/C(=C(/NCc1ccccc1)c1ccc(C)cc1)c1ccccc1Br. The third-order valence-electron chi connectivity index (χ3n) is 5.08. The van der Waals surface area contributed by atoms with E-state index in [0.717, 1.165) is 39.7 Å². The zero-order valence-electron chi connectivity index (χ0n) is 17.6. The summed E-state index contributed by atoms with van der Waals surface area (Å²) in [7, 11) is 0. The van der Waals surface area contributed by atoms with Crippen LogP contribution in [0.1, 0.15) is 48.4 Å². The zero-order valence-corrected chi connectivity index (χ0v) is 19.2. The van der Waals surface area contributed by atoms with E-state index in [2.05, 4.69) is 71.5 Å². The van der Waals surface area contributed by atoms with Gasteiger partial charge in [0, 0.05) is 28.6 Å². The summed E-state index contributed by atoms with van der Waals surface area (Å²) in [5, 5.41) is 3.59. The Labute approximate surface area is 188 Å². The molecule has 3 aromatic rings. The van der Waals surface area contributed by atoms with Gasteiger partial charge in [0.25, 0.3) is 0 Å². The molecule has 0 radical (unpaired) electrons. The van der Waals surface area contributed by atoms with Crippen molar-refractivity contribution >= 4 is 33.0 Å². The Kier molecular flexibility index (Phi) is 8.04. The second-order valence-electron chi connectivity index (χ2n) is 7.46. The number of benzene rings is 3. The Morgan fingerprint density at radius 1 is 0.900 bits per heavy atom. The molecule has 0 atom stereocenters. The minimum Gasteiger partial charge on any atom is -0.380 e. The highest BCUT2D eigenvalue weighted by molar-refractivity contribution is 9.10. The van der Waals surface area contributed by atoms with E-state index in [0.29, 0.717) is 13.0 Å². The number of allylic oxidation sites excluding steroid dienone is 1. The molecule has 0 amide bonds. The first-order valence-corrected chi connectivity index (χ1v) is 11.3. The van der Waals surface area contributed by atoms with Crippen molar-refractivity contribution < 1.29 is 4.79 Å². The number of hydrogen-bond acceptors (Lipinski definition) is 2. The standard InChI is InChI=1S/C27H28BrNO/c1-3-4-14-25(30)26(23-12-8-9-13-24(23)28)27(22-17-15-20(2)16-18-22)29-19-21-10-6-5-7-11-21/h5-13,15-18,29H,3-4,14,19H2,1-2H3/b27-26+. The maximum Gasteiger partial charge on any atom is 0.165 e. The molecule has 3 heteroatoms. The smallest absolute Gasteiger partial charge is 0.165 e. The van der Waals surface area contributed by atoms with Gasteiger partial charge in [-0.3, -0.25) is 4.79 Å². The summed E-state index contributed by atoms with van der Waals surface area (Å²) in [6, 6.07) is 26.6. The first-order valence-electron chi connectivity index (χ1n) is 10.5. The Morgan fingerprint density at radius 3 is 2.23 bits per heavy atom. The maximum atomic E-state index is 13.4. The first-order chi connectivity index (χ1) is 14.6. The largest absolute Gasteiger partial charge is 0.380 e. The van der Waals surface area contributed by atoms with Crippen molar-refractivity contribution in [3.8, 4) is 0 Å². The number of ketones is 1. The molecule has 2 nitrogen and oxygen atoms in total. The third kappa shape index (κ3) is 5.70. The summed E-state index contributed by atoms with van der Waals surface area (Å²) in [6.45, 7) is 4.84. The van der Waals surface area contributed by atoms with Crippen LogP contribution in [0.3, 0.4) is 0 Å². The molecule has 0 fully saturated rings. The Morgan fingerprint density at radius 2 is 1.57 bits per heavy atom. The monoisotopic (exact) mass is 461 g/mol. The van der Waals surface area contributed by atoms with Gasteiger partial charge in [-0.2, -0.15) is 0 Å². The number of carbonyl (C=O) groups is 1. The van der Waals surface area contributed by atoms with Gasteiger partial charge in [-0.15, -0.1) is 0 Å². The number of halogens is 1. The number of rotatable bonds is 9. The summed E-state index contributed by atoms with van der Waals surface area (Å²) in [6.07, 6.45) is 2.41. The van der Waals surface area contributed by atoms with Crippen molar-refractivity contribution in [2.24, 2.45) is 0 Å². The van der Waals surface area contributed by atoms with Crippen molar-refractivity contribution in [1.29, 1.82) is 0 Å². The number of Topliss-reactive ketones (excluding diaryl/α,β-unsaturated/α-hetero) is 1. The van der Waals surface area contributed by atoms with Crippen LogP contribution in [0.25, 0.3) is 11.3 Å². The summed E-state index contributed by atoms with van der Waals surface area (Å²) in [4.78, 5) is 13.4. The lowest BCUT2D eigenvalue weighted by Gasteiger charge is -2.19. The summed E-state index contributed by atoms with van der Waals surface area (Å²) in [5.41, 5.74) is 5.94. The van der Waals surface area contributed by atoms with E-state index < -0.39 is 0 Å². The van der Waals surface area contributed by atoms with Crippen molar-refractivity contribution in [3.05, 3.63) is 106 Å². The van der Waals surface area contributed by atoms with Crippen molar-refractivity contribution in [3.63, 3.8) is 0 Å². The summed E-state index contributed by atoms with van der Waals surface area (Å²) in [5.74, 6) is 0.167. The molecule has 0 saturated carbocycles. The third-order valence-corrected chi connectivity index (χ3v) is 5.77. The van der Waals surface area contributed by atoms with Gasteiger partial charge in [-0.25, -0.2) is 0 Å². The fourth-order valence-electron chi connectivity index (χ4n) is 3.39. The number of carbonyl (C=O) groups excluding carboxylic acids is 1. The maximum absolute atomic E-state index is 13.4. The molecule has 0 heterocycles. The second kappa shape index (κ2) is 10.9. The first kappa shape index (κ1) is 22.0. The van der Waals surface area contributed by atoms with E-state index in [9.17, 15) is 4.79 Å². The molecule has 0 aliphatic rings. The van der Waals surface area contributed by atoms with Crippen LogP contribution >= 0.6 is 15.9 Å². The number of nitrogens with one attached hydrogen (secondary N) is 1. The predicted octanol–water partition coefficient (Wildman–Crippen LogP) is 7.17. The lowest BCUT2D eigenvalue weighted by atomic mass is 9.93. The summed E-state index contributed by atoms with van der Waals surface area (Å²) >= 11 is 3.67. The molecule has 0 aliphatic carbocycles. The van der Waals surface area contributed by atoms with E-state index in [-0.39, 0.29) is 5.78 Å². The van der Waals surface area contributed by atoms with Crippen LogP contribution in [0.5, 0.6) is 0 Å². The molecule has 0 unspecified atom stereocenters. The Hall–Kier alpha value is -2.65. The lowest BCUT2D eigenvalue weighted by Crippen LogP contribution is -2.17. The van der Waals surface area contributed by atoms with Crippen LogP contribution in [0, 0.1) is 6.92 Å². The molecule has 3 rings (SSSR count). The van der Waals surface area contributed by atoms with E-state index in [1.807, 2.05) is 42.5 Å². The van der Waals surface area contributed by atoms with Crippen LogP contribution < -0.4 is 5.32 Å². The highest BCUT2D eigenvalue weighted by atomic mass is 79.9. The van der Waals surface area contributed by atoms with Gasteiger partial charge < -0.3 is 5.32 Å². The molecule has 0 aliphatic heterocycles. The van der Waals surface area contributed by atoms with Crippen molar-refractivity contribution in [2.45, 2.75) is 39.7 Å². The van der Waals surface area contributed by atoms with Crippen LogP contribution in [-0.2, 0) is 11.3 Å². The normalized spacial score (nSPS) is 11.7. The number of aryl methyl sites for hydroxylation is 1. The van der Waals surface area contributed by atoms with Gasteiger partial charge in [-0.05, 0) is 30.5 Å². The van der Waals surface area contributed by atoms with Gasteiger partial charge in [0.1, 0.15) is 0 Å². The molecular weight excluding hydrogens is 434 g/mol. The Balaban J connectivity index is 2.14. The average Bonchev–Trinajstić information content (AvgIpc) is 2.77. The van der Waals surface area contributed by atoms with Gasteiger partial charge in [0.15, 0.2) is 5.78 Å². The molecule has 0 aromatic heterocycles. The lowest BCUT2D eigenvalue weighted by molar-refractivity contribution is -0.113. The molecule has 0 bridgehead atoms. The minimum atomic E-state index is 0.167. The van der Waals surface area contributed by atoms with Crippen molar-refractivity contribution in [1.82, 2.24) is 5.32 Å². The fourth-order valence-corrected chi connectivity index (χ4v) is 3.87. The van der Waals surface area contributed by atoms with Crippen LogP contribution in [-0.4, -0.2) is 5.78 Å². The van der Waals surface area contributed by atoms with E-state index in [4.69, 9.17) is 0 Å². The van der Waals surface area contributed by atoms with Gasteiger partial charge in [0.2, 0.25) is 0 Å². The fraction of sp³-hybridized carbons (Fsp3) is 0.222. The number of hydrogen-bond donors (Lipinski definition) is 1. The average molecular weight is 462 g/mol.